The number of hydrogen-bond donors (Lipinski definition) is 0. The molecule has 0 fully saturated rings. The number of aromatic nitrogens is 3. The number of hydrogen-bond acceptors (Lipinski definition) is 8. The number of rotatable bonds is 11. The molecule has 0 bridgehead atoms. The standard InChI is InChI=1S/C25H28N4O5S/c1-5-34-18-7-8-19-22(15-18)35-25(27-19)29(11-6-10-28-12-9-26-16-28)24(30)17-13-20(31-2)23(33-4)21(14-17)32-3/h7-9,12-16H,5-6,10-11H2,1-4H3. The van der Waals surface area contributed by atoms with Crippen molar-refractivity contribution >= 4 is 32.6 Å². The molecule has 0 spiro atoms. The van der Waals surface area contributed by atoms with Crippen LogP contribution in [0.3, 0.4) is 0 Å². The third-order valence-corrected chi connectivity index (χ3v) is 6.45. The van der Waals surface area contributed by atoms with E-state index in [9.17, 15) is 4.79 Å². The molecule has 0 saturated heterocycles. The normalized spacial score (nSPS) is 10.9. The minimum absolute atomic E-state index is 0.209. The van der Waals surface area contributed by atoms with Crippen molar-refractivity contribution in [3.05, 3.63) is 54.6 Å². The van der Waals surface area contributed by atoms with Gasteiger partial charge in [0.15, 0.2) is 16.6 Å². The number of methoxy groups -OCH3 is 3. The summed E-state index contributed by atoms with van der Waals surface area (Å²) in [6.45, 7) is 3.71. The lowest BCUT2D eigenvalue weighted by molar-refractivity contribution is 0.0985. The Bertz CT molecular complexity index is 1260. The minimum atomic E-state index is -0.209. The van der Waals surface area contributed by atoms with Crippen LogP contribution in [-0.2, 0) is 6.54 Å². The van der Waals surface area contributed by atoms with Crippen molar-refractivity contribution in [2.75, 3.05) is 39.4 Å². The van der Waals surface area contributed by atoms with Crippen molar-refractivity contribution < 1.29 is 23.7 Å². The van der Waals surface area contributed by atoms with Gasteiger partial charge in [0.25, 0.3) is 5.91 Å². The quantitative estimate of drug-likeness (QED) is 0.299. The van der Waals surface area contributed by atoms with Crippen LogP contribution in [0.25, 0.3) is 10.2 Å². The first-order valence-electron chi connectivity index (χ1n) is 11.2. The lowest BCUT2D eigenvalue weighted by Gasteiger charge is -2.21. The fourth-order valence-electron chi connectivity index (χ4n) is 3.74. The van der Waals surface area contributed by atoms with Gasteiger partial charge in [-0.05, 0) is 43.7 Å². The van der Waals surface area contributed by atoms with Gasteiger partial charge in [0.05, 0.1) is 44.5 Å². The third kappa shape index (κ3) is 5.32. The number of fused-ring (bicyclic) bond motifs is 1. The second kappa shape index (κ2) is 11.1. The molecule has 0 aliphatic rings. The summed E-state index contributed by atoms with van der Waals surface area (Å²) in [5.41, 5.74) is 1.22. The van der Waals surface area contributed by atoms with E-state index in [1.165, 1.54) is 32.7 Å². The number of aryl methyl sites for hydroxylation is 1. The molecule has 1 amide bonds. The molecule has 0 aliphatic heterocycles. The van der Waals surface area contributed by atoms with Crippen molar-refractivity contribution in [1.29, 1.82) is 0 Å². The van der Waals surface area contributed by atoms with E-state index in [2.05, 4.69) is 4.98 Å². The van der Waals surface area contributed by atoms with Crippen molar-refractivity contribution in [2.24, 2.45) is 0 Å². The Morgan fingerprint density at radius 2 is 1.86 bits per heavy atom. The van der Waals surface area contributed by atoms with Gasteiger partial charge in [-0.3, -0.25) is 9.69 Å². The highest BCUT2D eigenvalue weighted by atomic mass is 32.1. The van der Waals surface area contributed by atoms with E-state index in [-0.39, 0.29) is 5.91 Å². The van der Waals surface area contributed by atoms with E-state index in [4.69, 9.17) is 23.9 Å². The van der Waals surface area contributed by atoms with Gasteiger partial charge < -0.3 is 23.5 Å². The molecule has 2 heterocycles. The van der Waals surface area contributed by atoms with Gasteiger partial charge in [-0.1, -0.05) is 11.3 Å². The third-order valence-electron chi connectivity index (χ3n) is 5.40. The number of carbonyl (C=O) groups is 1. The molecule has 35 heavy (non-hydrogen) atoms. The van der Waals surface area contributed by atoms with E-state index in [1.54, 1.807) is 29.6 Å². The molecule has 0 aliphatic carbocycles. The van der Waals surface area contributed by atoms with E-state index in [0.29, 0.717) is 47.5 Å². The number of amides is 1. The molecular weight excluding hydrogens is 468 g/mol. The summed E-state index contributed by atoms with van der Waals surface area (Å²) >= 11 is 1.45. The zero-order valence-electron chi connectivity index (χ0n) is 20.2. The lowest BCUT2D eigenvalue weighted by Crippen LogP contribution is -2.32. The summed E-state index contributed by atoms with van der Waals surface area (Å²) in [4.78, 5) is 24.4. The zero-order valence-corrected chi connectivity index (χ0v) is 21.0. The van der Waals surface area contributed by atoms with Crippen LogP contribution >= 0.6 is 11.3 Å². The second-order valence-electron chi connectivity index (χ2n) is 7.58. The SMILES string of the molecule is CCOc1ccc2nc(N(CCCn3ccnc3)C(=O)c3cc(OC)c(OC)c(OC)c3)sc2c1. The number of thiazole rings is 1. The van der Waals surface area contributed by atoms with E-state index in [1.807, 2.05) is 35.9 Å². The lowest BCUT2D eigenvalue weighted by atomic mass is 10.1. The van der Waals surface area contributed by atoms with Crippen LogP contribution in [0.2, 0.25) is 0 Å². The van der Waals surface area contributed by atoms with Gasteiger partial charge in [-0.15, -0.1) is 0 Å². The van der Waals surface area contributed by atoms with E-state index in [0.717, 1.165) is 22.5 Å². The van der Waals surface area contributed by atoms with Gasteiger partial charge in [0, 0.05) is 31.0 Å². The molecule has 10 heteroatoms. The highest BCUT2D eigenvalue weighted by Gasteiger charge is 2.24. The van der Waals surface area contributed by atoms with Gasteiger partial charge in [-0.25, -0.2) is 9.97 Å². The van der Waals surface area contributed by atoms with E-state index < -0.39 is 0 Å². The average molecular weight is 497 g/mol. The number of nitrogens with zero attached hydrogens (tertiary/aromatic N) is 4. The van der Waals surface area contributed by atoms with Gasteiger partial charge in [0.1, 0.15) is 5.75 Å². The molecule has 2 aromatic carbocycles. The van der Waals surface area contributed by atoms with Crippen LogP contribution in [0.1, 0.15) is 23.7 Å². The predicted molar refractivity (Wildman–Crippen MR) is 135 cm³/mol. The van der Waals surface area contributed by atoms with Crippen molar-refractivity contribution in [2.45, 2.75) is 19.9 Å². The Morgan fingerprint density at radius 3 is 2.49 bits per heavy atom. The van der Waals surface area contributed by atoms with Crippen molar-refractivity contribution in [1.82, 2.24) is 14.5 Å². The topological polar surface area (TPSA) is 87.9 Å². The van der Waals surface area contributed by atoms with Crippen LogP contribution in [-0.4, -0.2) is 54.9 Å². The molecule has 0 atom stereocenters. The van der Waals surface area contributed by atoms with Crippen LogP contribution in [0.4, 0.5) is 5.13 Å². The molecule has 4 aromatic rings. The molecule has 0 radical (unpaired) electrons. The second-order valence-corrected chi connectivity index (χ2v) is 8.59. The van der Waals surface area contributed by atoms with Crippen LogP contribution < -0.4 is 23.8 Å². The van der Waals surface area contributed by atoms with Crippen molar-refractivity contribution in [3.8, 4) is 23.0 Å². The predicted octanol–water partition coefficient (Wildman–Crippen LogP) is 4.65. The first-order valence-corrected chi connectivity index (χ1v) is 12.0. The van der Waals surface area contributed by atoms with Crippen LogP contribution in [0.5, 0.6) is 23.0 Å². The Balaban J connectivity index is 1.70. The molecule has 184 valence electrons. The molecule has 2 aromatic heterocycles. The van der Waals surface area contributed by atoms with Gasteiger partial charge in [-0.2, -0.15) is 0 Å². The summed E-state index contributed by atoms with van der Waals surface area (Å²) < 4.78 is 24.9. The number of imidazole rings is 1. The molecule has 9 nitrogen and oxygen atoms in total. The van der Waals surface area contributed by atoms with Crippen molar-refractivity contribution in [3.63, 3.8) is 0 Å². The maximum atomic E-state index is 13.8. The highest BCUT2D eigenvalue weighted by molar-refractivity contribution is 7.22. The monoisotopic (exact) mass is 496 g/mol. The maximum absolute atomic E-state index is 13.8. The summed E-state index contributed by atoms with van der Waals surface area (Å²) in [6, 6.07) is 9.07. The maximum Gasteiger partial charge on any atom is 0.260 e. The number of anilines is 1. The number of ether oxygens (including phenoxy) is 4. The Labute approximate surface area is 207 Å². The molecule has 4 rings (SSSR count). The number of carbonyl (C=O) groups excluding carboxylic acids is 1. The minimum Gasteiger partial charge on any atom is -0.494 e. The first-order chi connectivity index (χ1) is 17.1. The van der Waals surface area contributed by atoms with Gasteiger partial charge in [0.2, 0.25) is 5.75 Å². The molecule has 0 saturated carbocycles. The largest absolute Gasteiger partial charge is 0.494 e. The fourth-order valence-corrected chi connectivity index (χ4v) is 4.76. The summed E-state index contributed by atoms with van der Waals surface area (Å²) in [6.07, 6.45) is 6.12. The smallest absolute Gasteiger partial charge is 0.260 e. The first kappa shape index (κ1) is 24.3. The Hall–Kier alpha value is -3.79. The molecular formula is C25H28N4O5S. The fraction of sp³-hybridized carbons (Fsp3) is 0.320. The Kier molecular flexibility index (Phi) is 7.71. The van der Waals surface area contributed by atoms with Gasteiger partial charge >= 0.3 is 0 Å². The molecule has 0 N–H and O–H groups in total. The average Bonchev–Trinajstić information content (AvgIpc) is 3.55. The zero-order chi connectivity index (χ0) is 24.8. The Morgan fingerprint density at radius 1 is 1.09 bits per heavy atom. The summed E-state index contributed by atoms with van der Waals surface area (Å²) in [5.74, 6) is 1.83. The van der Waals surface area contributed by atoms with Crippen LogP contribution in [0, 0.1) is 0 Å². The van der Waals surface area contributed by atoms with E-state index >= 15 is 0 Å². The summed E-state index contributed by atoms with van der Waals surface area (Å²) in [7, 11) is 4.58. The molecule has 0 unspecified atom stereocenters. The summed E-state index contributed by atoms with van der Waals surface area (Å²) in [5, 5.41) is 0.609. The number of benzene rings is 2. The highest BCUT2D eigenvalue weighted by Crippen LogP contribution is 2.39. The van der Waals surface area contributed by atoms with Crippen LogP contribution in [0.15, 0.2) is 49.1 Å².